The molecular formula is C27H20N10O8S2. The van der Waals surface area contributed by atoms with Crippen LogP contribution >= 0.6 is 0 Å². The van der Waals surface area contributed by atoms with Crippen molar-refractivity contribution < 1.29 is 25.9 Å². The van der Waals surface area contributed by atoms with Crippen LogP contribution in [0.25, 0.3) is 32.8 Å². The standard InChI is InChI=1S/C27H20N10O8S2/c38-26-31-17-7-2-13(10-20(17)33-26)28-23-35-24(29-14-3-8-18-21(11-14)34-27(39)32-18)37-25(36-23)30-19-6-1-12-9-15(46(40,41)42)4-5-16(12)22(19)47(43,44)45/h1-11H,(H2,31,33,38)(H2,32,34,39)(H,40,41,42)(H,43,44,45)(H3,28,29,30,35,36,37). The average Bonchev–Trinajstić information content (AvgIpc) is 3.55. The number of aromatic nitrogens is 7. The largest absolute Gasteiger partial charge is 0.324 e. The average molecular weight is 677 g/mol. The number of anilines is 6. The van der Waals surface area contributed by atoms with Crippen molar-refractivity contribution in [1.82, 2.24) is 34.9 Å². The lowest BCUT2D eigenvalue weighted by Crippen LogP contribution is -2.10. The maximum Gasteiger partial charge on any atom is 0.323 e. The molecule has 0 spiro atoms. The predicted molar refractivity (Wildman–Crippen MR) is 171 cm³/mol. The molecule has 0 saturated carbocycles. The first-order valence-corrected chi connectivity index (χ1v) is 16.2. The quantitative estimate of drug-likeness (QED) is 0.105. The summed E-state index contributed by atoms with van der Waals surface area (Å²) in [5, 5.41) is 8.83. The van der Waals surface area contributed by atoms with Gasteiger partial charge in [-0.15, -0.1) is 0 Å². The van der Waals surface area contributed by atoms with Gasteiger partial charge in [-0.3, -0.25) is 9.11 Å². The zero-order valence-corrected chi connectivity index (χ0v) is 25.0. The molecule has 3 heterocycles. The molecule has 0 fully saturated rings. The van der Waals surface area contributed by atoms with Gasteiger partial charge >= 0.3 is 11.4 Å². The number of nitrogens with zero attached hydrogens (tertiary/aromatic N) is 3. The molecular weight excluding hydrogens is 656 g/mol. The number of nitrogens with one attached hydrogen (secondary N) is 7. The molecule has 7 rings (SSSR count). The Morgan fingerprint density at radius 1 is 0.553 bits per heavy atom. The first-order chi connectivity index (χ1) is 22.3. The van der Waals surface area contributed by atoms with Crippen LogP contribution in [-0.4, -0.2) is 60.8 Å². The molecule has 0 aliphatic rings. The van der Waals surface area contributed by atoms with Crippen molar-refractivity contribution >= 4 is 88.0 Å². The van der Waals surface area contributed by atoms with Crippen LogP contribution in [0.2, 0.25) is 0 Å². The van der Waals surface area contributed by atoms with Gasteiger partial charge in [0.2, 0.25) is 17.8 Å². The first-order valence-electron chi connectivity index (χ1n) is 13.3. The Kier molecular flexibility index (Phi) is 6.78. The molecule has 47 heavy (non-hydrogen) atoms. The van der Waals surface area contributed by atoms with Gasteiger partial charge in [-0.25, -0.2) is 9.59 Å². The fraction of sp³-hybridized carbons (Fsp3) is 0. The van der Waals surface area contributed by atoms with E-state index < -0.39 is 41.4 Å². The second-order valence-corrected chi connectivity index (χ2v) is 12.9. The topological polar surface area (TPSA) is 281 Å². The maximum absolute atomic E-state index is 12.6. The molecule has 9 N–H and O–H groups in total. The van der Waals surface area contributed by atoms with Crippen LogP contribution < -0.4 is 27.3 Å². The molecule has 0 aliphatic carbocycles. The number of hydrogen-bond donors (Lipinski definition) is 9. The van der Waals surface area contributed by atoms with E-state index >= 15 is 0 Å². The summed E-state index contributed by atoms with van der Waals surface area (Å²) in [4.78, 5) is 46.0. The molecule has 20 heteroatoms. The Hall–Kier alpha value is -6.09. The highest BCUT2D eigenvalue weighted by Gasteiger charge is 2.22. The third-order valence-electron chi connectivity index (χ3n) is 6.92. The SMILES string of the molecule is O=c1[nH]c2ccc(Nc3nc(Nc4ccc5[nH]c(=O)[nH]c5c4)nc(Nc4ccc5cc(S(=O)(=O)O)ccc5c4S(=O)(=O)O)n3)cc2[nH]1. The summed E-state index contributed by atoms with van der Waals surface area (Å²) >= 11 is 0. The fourth-order valence-electron chi connectivity index (χ4n) is 4.96. The summed E-state index contributed by atoms with van der Waals surface area (Å²) in [6.45, 7) is 0. The van der Waals surface area contributed by atoms with E-state index in [1.54, 1.807) is 36.4 Å². The Morgan fingerprint density at radius 3 is 1.57 bits per heavy atom. The number of hydrogen-bond acceptors (Lipinski definition) is 12. The number of aromatic amines is 4. The number of benzene rings is 4. The minimum atomic E-state index is -4.92. The van der Waals surface area contributed by atoms with Crippen LogP contribution in [0.5, 0.6) is 0 Å². The summed E-state index contributed by atoms with van der Waals surface area (Å²) in [6.07, 6.45) is 0. The van der Waals surface area contributed by atoms with E-state index in [0.717, 1.165) is 18.2 Å². The van der Waals surface area contributed by atoms with Crippen molar-refractivity contribution in [3.8, 4) is 0 Å². The monoisotopic (exact) mass is 676 g/mol. The van der Waals surface area contributed by atoms with Crippen LogP contribution in [0.4, 0.5) is 34.9 Å². The second kappa shape index (κ2) is 10.8. The van der Waals surface area contributed by atoms with Crippen molar-refractivity contribution in [3.63, 3.8) is 0 Å². The van der Waals surface area contributed by atoms with Gasteiger partial charge in [0.15, 0.2) is 0 Å². The van der Waals surface area contributed by atoms with Crippen molar-refractivity contribution in [2.24, 2.45) is 0 Å². The van der Waals surface area contributed by atoms with Crippen molar-refractivity contribution in [2.75, 3.05) is 16.0 Å². The zero-order chi connectivity index (χ0) is 33.1. The molecule has 0 radical (unpaired) electrons. The van der Waals surface area contributed by atoms with Crippen LogP contribution in [0.1, 0.15) is 0 Å². The van der Waals surface area contributed by atoms with Crippen molar-refractivity contribution in [1.29, 1.82) is 0 Å². The second-order valence-electron chi connectivity index (χ2n) is 10.1. The van der Waals surface area contributed by atoms with E-state index in [0.29, 0.717) is 33.4 Å². The molecule has 18 nitrogen and oxygen atoms in total. The Bertz CT molecular complexity index is 2630. The molecule has 0 amide bonds. The molecule has 238 valence electrons. The first kappa shape index (κ1) is 29.6. The summed E-state index contributed by atoms with van der Waals surface area (Å²) in [5.41, 5.74) is 2.14. The van der Waals surface area contributed by atoms with Gasteiger partial charge in [0.25, 0.3) is 20.2 Å². The van der Waals surface area contributed by atoms with Crippen molar-refractivity contribution in [3.05, 3.63) is 87.7 Å². The molecule has 7 aromatic rings. The molecule has 0 aliphatic heterocycles. The van der Waals surface area contributed by atoms with E-state index in [-0.39, 0.29) is 34.3 Å². The third-order valence-corrected chi connectivity index (χ3v) is 8.73. The minimum Gasteiger partial charge on any atom is -0.324 e. The van der Waals surface area contributed by atoms with Crippen molar-refractivity contribution in [2.45, 2.75) is 9.79 Å². The third kappa shape index (κ3) is 5.98. The molecule has 3 aromatic heterocycles. The van der Waals surface area contributed by atoms with E-state index in [1.807, 2.05) is 0 Å². The molecule has 0 bridgehead atoms. The molecule has 0 unspecified atom stereocenters. The van der Waals surface area contributed by atoms with Gasteiger partial charge in [-0.05, 0) is 60.0 Å². The Labute approximate surface area is 261 Å². The van der Waals surface area contributed by atoms with E-state index in [2.05, 4.69) is 50.8 Å². The lowest BCUT2D eigenvalue weighted by Gasteiger charge is -2.14. The summed E-state index contributed by atoms with van der Waals surface area (Å²) in [5.74, 6) is -0.230. The lowest BCUT2D eigenvalue weighted by atomic mass is 10.1. The Morgan fingerprint density at radius 2 is 1.06 bits per heavy atom. The van der Waals surface area contributed by atoms with Crippen LogP contribution in [-0.2, 0) is 20.2 Å². The van der Waals surface area contributed by atoms with Crippen LogP contribution in [0, 0.1) is 0 Å². The van der Waals surface area contributed by atoms with Gasteiger partial charge < -0.3 is 35.9 Å². The summed E-state index contributed by atoms with van der Waals surface area (Å²) in [7, 11) is -9.52. The number of fused-ring (bicyclic) bond motifs is 3. The molecule has 4 aromatic carbocycles. The number of imidazole rings is 2. The molecule has 0 atom stereocenters. The van der Waals surface area contributed by atoms with Gasteiger partial charge in [-0.1, -0.05) is 12.1 Å². The minimum absolute atomic E-state index is 0.0228. The van der Waals surface area contributed by atoms with Crippen LogP contribution in [0.15, 0.2) is 86.1 Å². The normalized spacial score (nSPS) is 12.1. The van der Waals surface area contributed by atoms with Crippen LogP contribution in [0.3, 0.4) is 0 Å². The number of H-pyrrole nitrogens is 4. The van der Waals surface area contributed by atoms with Gasteiger partial charge in [0.1, 0.15) is 4.90 Å². The summed E-state index contributed by atoms with van der Waals surface area (Å²) in [6, 6.07) is 15.7. The predicted octanol–water partition coefficient (Wildman–Crippen LogP) is 3.09. The van der Waals surface area contributed by atoms with Gasteiger partial charge in [-0.2, -0.15) is 31.8 Å². The van der Waals surface area contributed by atoms with E-state index in [4.69, 9.17) is 0 Å². The highest BCUT2D eigenvalue weighted by molar-refractivity contribution is 7.86. The van der Waals surface area contributed by atoms with Gasteiger partial charge in [0, 0.05) is 16.8 Å². The summed E-state index contributed by atoms with van der Waals surface area (Å²) < 4.78 is 68.0. The molecule has 0 saturated heterocycles. The smallest absolute Gasteiger partial charge is 0.323 e. The van der Waals surface area contributed by atoms with Gasteiger partial charge in [0.05, 0.1) is 32.6 Å². The lowest BCUT2D eigenvalue weighted by molar-refractivity contribution is 0.482. The van der Waals surface area contributed by atoms with E-state index in [9.17, 15) is 35.5 Å². The number of rotatable bonds is 8. The van der Waals surface area contributed by atoms with E-state index in [1.165, 1.54) is 12.1 Å². The maximum atomic E-state index is 12.6. The highest BCUT2D eigenvalue weighted by atomic mass is 32.2. The fourth-order valence-corrected chi connectivity index (χ4v) is 6.34. The zero-order valence-electron chi connectivity index (χ0n) is 23.4. The highest BCUT2D eigenvalue weighted by Crippen LogP contribution is 2.34. The Balaban J connectivity index is 1.32.